The Morgan fingerprint density at radius 3 is 2.37 bits per heavy atom. The minimum absolute atomic E-state index is 0.0132. The summed E-state index contributed by atoms with van der Waals surface area (Å²) in [6.07, 6.45) is 25.7. The topological polar surface area (TPSA) is 35.5 Å². The first-order valence-electron chi connectivity index (χ1n) is 11.1. The average molecular weight is 413 g/mol. The predicted molar refractivity (Wildman–Crippen MR) is 127 cm³/mol. The van der Waals surface area contributed by atoms with E-state index in [4.69, 9.17) is 9.47 Å². The minimum Gasteiger partial charge on any atom is -0.493 e. The molecule has 0 unspecified atom stereocenters. The summed E-state index contributed by atoms with van der Waals surface area (Å²) in [4.78, 5) is 11.0. The Morgan fingerprint density at radius 2 is 1.77 bits per heavy atom. The first-order valence-corrected chi connectivity index (χ1v) is 11.1. The second-order valence-corrected chi connectivity index (χ2v) is 7.42. The van der Waals surface area contributed by atoms with Crippen LogP contribution < -0.4 is 4.74 Å². The summed E-state index contributed by atoms with van der Waals surface area (Å²) in [6.45, 7) is 6.49. The van der Waals surface area contributed by atoms with E-state index in [1.54, 1.807) is 0 Å². The number of esters is 1. The van der Waals surface area contributed by atoms with Gasteiger partial charge in [0.2, 0.25) is 0 Å². The lowest BCUT2D eigenvalue weighted by atomic mass is 10.1. The molecule has 0 amide bonds. The number of para-hydroxylation sites is 1. The molecule has 0 aliphatic heterocycles. The Bertz CT molecular complexity index is 593. The van der Waals surface area contributed by atoms with Gasteiger partial charge in [-0.15, -0.1) is 12.8 Å². The summed E-state index contributed by atoms with van der Waals surface area (Å²) in [5, 5.41) is 0. The molecule has 0 saturated heterocycles. The highest BCUT2D eigenvalue weighted by Crippen LogP contribution is 2.25. The highest BCUT2D eigenvalue weighted by atomic mass is 16.5. The van der Waals surface area contributed by atoms with Crippen LogP contribution in [0.2, 0.25) is 0 Å². The van der Waals surface area contributed by atoms with Crippen molar-refractivity contribution in [3.05, 3.63) is 54.6 Å². The molecule has 0 spiro atoms. The van der Waals surface area contributed by atoms with Gasteiger partial charge < -0.3 is 9.47 Å². The van der Waals surface area contributed by atoms with E-state index in [0.717, 1.165) is 37.5 Å². The monoisotopic (exact) mass is 412 g/mol. The molecule has 0 heterocycles. The van der Waals surface area contributed by atoms with Crippen molar-refractivity contribution in [3.8, 4) is 18.6 Å². The number of hydrogen-bond donors (Lipinski definition) is 0. The molecule has 30 heavy (non-hydrogen) atoms. The SMILES string of the molecule is C#C.C(=C\C1CCCC1)/CCOc1ccccc1.C/C=C\CCCC(=O)OC(C)C. The maximum absolute atomic E-state index is 11.0. The van der Waals surface area contributed by atoms with Crippen molar-refractivity contribution in [2.75, 3.05) is 6.61 Å². The van der Waals surface area contributed by atoms with Gasteiger partial charge in [-0.1, -0.05) is 55.3 Å². The number of benzene rings is 1. The van der Waals surface area contributed by atoms with Crippen LogP contribution in [-0.4, -0.2) is 18.7 Å². The van der Waals surface area contributed by atoms with E-state index in [2.05, 4.69) is 31.1 Å². The van der Waals surface area contributed by atoms with E-state index in [9.17, 15) is 4.79 Å². The molecule has 2 rings (SSSR count). The van der Waals surface area contributed by atoms with Crippen LogP contribution in [0.15, 0.2) is 54.6 Å². The van der Waals surface area contributed by atoms with Crippen molar-refractivity contribution < 1.29 is 14.3 Å². The van der Waals surface area contributed by atoms with Crippen molar-refractivity contribution in [1.29, 1.82) is 0 Å². The molecule has 0 atom stereocenters. The molecule has 1 aromatic carbocycles. The third-order valence-electron chi connectivity index (χ3n) is 4.46. The van der Waals surface area contributed by atoms with Crippen molar-refractivity contribution in [2.45, 2.75) is 78.2 Å². The van der Waals surface area contributed by atoms with Crippen LogP contribution in [0.4, 0.5) is 0 Å². The summed E-state index contributed by atoms with van der Waals surface area (Å²) in [5.74, 6) is 1.72. The molecule has 0 N–H and O–H groups in total. The maximum Gasteiger partial charge on any atom is 0.306 e. The lowest BCUT2D eigenvalue weighted by Crippen LogP contribution is -2.10. The van der Waals surface area contributed by atoms with Gasteiger partial charge in [-0.25, -0.2) is 0 Å². The molecule has 0 aromatic heterocycles. The number of hydrogen-bond acceptors (Lipinski definition) is 3. The fourth-order valence-electron chi connectivity index (χ4n) is 3.05. The van der Waals surface area contributed by atoms with E-state index in [1.807, 2.05) is 57.2 Å². The Labute approximate surface area is 184 Å². The van der Waals surface area contributed by atoms with Gasteiger partial charge in [-0.05, 0) is 70.9 Å². The lowest BCUT2D eigenvalue weighted by Gasteiger charge is -2.06. The third-order valence-corrected chi connectivity index (χ3v) is 4.46. The number of carbonyl (C=O) groups is 1. The first kappa shape index (κ1) is 27.5. The summed E-state index contributed by atoms with van der Waals surface area (Å²) >= 11 is 0. The molecule has 0 radical (unpaired) electrons. The molecule has 3 nitrogen and oxygen atoms in total. The standard InChI is InChI=1S/C15H20O.C10H18O2.C2H2/c1-2-11-15(12-3-1)16-13-7-6-10-14-8-4-5-9-14;1-4-5-6-7-8-10(11)12-9(2)3;1-2/h1-3,6,10-12,14H,4-5,7-9,13H2;4-5,9H,6-8H2,1-3H3;1-2H/b10-6+;5-4-;. The Morgan fingerprint density at radius 1 is 1.10 bits per heavy atom. The summed E-state index contributed by atoms with van der Waals surface area (Å²) in [5.41, 5.74) is 0. The minimum atomic E-state index is -0.0884. The third kappa shape index (κ3) is 16.5. The van der Waals surface area contributed by atoms with Crippen LogP contribution in [0.5, 0.6) is 5.75 Å². The summed E-state index contributed by atoms with van der Waals surface area (Å²) in [7, 11) is 0. The Kier molecular flexibility index (Phi) is 18.2. The highest BCUT2D eigenvalue weighted by Gasteiger charge is 2.10. The molecule has 1 aliphatic rings. The molecule has 0 bridgehead atoms. The molecule has 1 aliphatic carbocycles. The van der Waals surface area contributed by atoms with Crippen LogP contribution >= 0.6 is 0 Å². The van der Waals surface area contributed by atoms with E-state index in [1.165, 1.54) is 25.7 Å². The average Bonchev–Trinajstić information content (AvgIpc) is 3.27. The molecule has 3 heteroatoms. The Hall–Kier alpha value is -2.47. The van der Waals surface area contributed by atoms with Gasteiger partial charge in [-0.3, -0.25) is 4.79 Å². The van der Waals surface area contributed by atoms with Crippen LogP contribution in [0.3, 0.4) is 0 Å². The number of terminal acetylenes is 1. The van der Waals surface area contributed by atoms with E-state index in [-0.39, 0.29) is 12.1 Å². The number of ether oxygens (including phenoxy) is 2. The normalized spacial score (nSPS) is 13.5. The fourth-order valence-corrected chi connectivity index (χ4v) is 3.05. The van der Waals surface area contributed by atoms with Crippen molar-refractivity contribution in [3.63, 3.8) is 0 Å². The van der Waals surface area contributed by atoms with Gasteiger partial charge in [-0.2, -0.15) is 0 Å². The van der Waals surface area contributed by atoms with Gasteiger partial charge in [0.05, 0.1) is 12.7 Å². The summed E-state index contributed by atoms with van der Waals surface area (Å²) in [6, 6.07) is 10.0. The first-order chi connectivity index (χ1) is 14.6. The summed E-state index contributed by atoms with van der Waals surface area (Å²) < 4.78 is 10.6. The Balaban J connectivity index is 0.000000540. The zero-order chi connectivity index (χ0) is 22.5. The van der Waals surface area contributed by atoms with Crippen molar-refractivity contribution >= 4 is 5.97 Å². The van der Waals surface area contributed by atoms with Gasteiger partial charge in [0.15, 0.2) is 0 Å². The van der Waals surface area contributed by atoms with Gasteiger partial charge >= 0.3 is 5.97 Å². The number of allylic oxidation sites excluding steroid dienone is 3. The molecular weight excluding hydrogens is 372 g/mol. The molecule has 1 aromatic rings. The van der Waals surface area contributed by atoms with E-state index in [0.29, 0.717) is 6.42 Å². The number of carbonyl (C=O) groups excluding carboxylic acids is 1. The van der Waals surface area contributed by atoms with Crippen LogP contribution in [-0.2, 0) is 9.53 Å². The zero-order valence-corrected chi connectivity index (χ0v) is 19.1. The molecule has 166 valence electrons. The van der Waals surface area contributed by atoms with E-state index < -0.39 is 0 Å². The van der Waals surface area contributed by atoms with Crippen LogP contribution in [0, 0.1) is 18.8 Å². The molecular formula is C27H40O3. The maximum atomic E-state index is 11.0. The lowest BCUT2D eigenvalue weighted by molar-refractivity contribution is -0.147. The van der Waals surface area contributed by atoms with Crippen molar-refractivity contribution in [2.24, 2.45) is 5.92 Å². The van der Waals surface area contributed by atoms with E-state index >= 15 is 0 Å². The molecule has 1 saturated carbocycles. The molecule has 1 fully saturated rings. The number of rotatable bonds is 10. The van der Waals surface area contributed by atoms with Gasteiger partial charge in [0.1, 0.15) is 5.75 Å². The van der Waals surface area contributed by atoms with Gasteiger partial charge in [0.25, 0.3) is 0 Å². The highest BCUT2D eigenvalue weighted by molar-refractivity contribution is 5.69. The second-order valence-electron chi connectivity index (χ2n) is 7.42. The smallest absolute Gasteiger partial charge is 0.306 e. The second kappa shape index (κ2) is 19.8. The quantitative estimate of drug-likeness (QED) is 0.177. The van der Waals surface area contributed by atoms with Crippen molar-refractivity contribution in [1.82, 2.24) is 0 Å². The van der Waals surface area contributed by atoms with Crippen LogP contribution in [0.25, 0.3) is 0 Å². The fraction of sp³-hybridized carbons (Fsp3) is 0.519. The van der Waals surface area contributed by atoms with Gasteiger partial charge in [0, 0.05) is 6.42 Å². The van der Waals surface area contributed by atoms with Crippen LogP contribution in [0.1, 0.15) is 72.1 Å². The number of unbranched alkanes of at least 4 members (excludes halogenated alkanes) is 1. The zero-order valence-electron chi connectivity index (χ0n) is 19.1. The predicted octanol–water partition coefficient (Wildman–Crippen LogP) is 7.14. The largest absolute Gasteiger partial charge is 0.493 e.